The van der Waals surface area contributed by atoms with Gasteiger partial charge in [-0.3, -0.25) is 0 Å². The average Bonchev–Trinajstić information content (AvgIpc) is 2.75. The Labute approximate surface area is 102 Å². The molecule has 3 aliphatic rings. The van der Waals surface area contributed by atoms with Crippen molar-refractivity contribution in [3.63, 3.8) is 0 Å². The minimum atomic E-state index is -0.293. The second kappa shape index (κ2) is 4.48. The van der Waals surface area contributed by atoms with Gasteiger partial charge in [-0.15, -0.1) is 0 Å². The van der Waals surface area contributed by atoms with Gasteiger partial charge in [0.1, 0.15) is 0 Å². The number of nitrogens with zero attached hydrogens (tertiary/aromatic N) is 1. The van der Waals surface area contributed by atoms with E-state index in [-0.39, 0.29) is 17.8 Å². The van der Waals surface area contributed by atoms with Crippen LogP contribution in [0.5, 0.6) is 0 Å². The minimum Gasteiger partial charge on any atom is -0.396 e. The van der Waals surface area contributed by atoms with Crippen LogP contribution < -0.4 is 0 Å². The summed E-state index contributed by atoms with van der Waals surface area (Å²) in [5.41, 5.74) is -0.0120. The Morgan fingerprint density at radius 3 is 2.18 bits per heavy atom. The first kappa shape index (κ1) is 11.9. The molecule has 0 saturated carbocycles. The van der Waals surface area contributed by atoms with E-state index in [9.17, 15) is 5.11 Å². The molecule has 1 spiro atoms. The maximum atomic E-state index is 9.42. The first-order chi connectivity index (χ1) is 8.26. The van der Waals surface area contributed by atoms with Crippen LogP contribution >= 0.6 is 0 Å². The van der Waals surface area contributed by atoms with Crippen molar-refractivity contribution in [2.24, 2.45) is 5.41 Å². The lowest BCUT2D eigenvalue weighted by molar-refractivity contribution is -0.196. The molecular formula is C12H21NO4. The van der Waals surface area contributed by atoms with E-state index >= 15 is 0 Å². The second-order valence-corrected chi connectivity index (χ2v) is 5.53. The molecule has 5 heteroatoms. The topological polar surface area (TPSA) is 51.2 Å². The summed E-state index contributed by atoms with van der Waals surface area (Å²) in [6, 6.07) is 0. The van der Waals surface area contributed by atoms with E-state index in [4.69, 9.17) is 14.2 Å². The molecule has 0 radical (unpaired) electrons. The van der Waals surface area contributed by atoms with Gasteiger partial charge in [-0.2, -0.15) is 0 Å². The maximum absolute atomic E-state index is 9.42. The smallest absolute Gasteiger partial charge is 0.170 e. The number of likely N-dealkylation sites (tertiary alicyclic amines) is 1. The van der Waals surface area contributed by atoms with Gasteiger partial charge in [-0.25, -0.2) is 0 Å². The fourth-order valence-corrected chi connectivity index (χ4v) is 2.94. The van der Waals surface area contributed by atoms with Gasteiger partial charge in [0.2, 0.25) is 0 Å². The number of rotatable bonds is 3. The summed E-state index contributed by atoms with van der Waals surface area (Å²) in [5, 5.41) is 9.42. The molecule has 3 fully saturated rings. The summed E-state index contributed by atoms with van der Waals surface area (Å²) in [6.07, 6.45) is 1.88. The van der Waals surface area contributed by atoms with E-state index in [0.29, 0.717) is 13.2 Å². The van der Waals surface area contributed by atoms with Crippen molar-refractivity contribution in [2.45, 2.75) is 18.6 Å². The Bertz CT molecular complexity index is 258. The van der Waals surface area contributed by atoms with E-state index in [1.165, 1.54) is 0 Å². The molecule has 0 bridgehead atoms. The Balaban J connectivity index is 1.51. The molecule has 0 aromatic heterocycles. The van der Waals surface area contributed by atoms with E-state index in [0.717, 1.165) is 45.7 Å². The highest BCUT2D eigenvalue weighted by molar-refractivity contribution is 4.91. The molecule has 0 aliphatic carbocycles. The van der Waals surface area contributed by atoms with Crippen LogP contribution in [-0.4, -0.2) is 68.5 Å². The normalized spacial score (nSPS) is 31.6. The number of aliphatic hydroxyl groups is 1. The van der Waals surface area contributed by atoms with Crippen LogP contribution in [0.3, 0.4) is 0 Å². The maximum Gasteiger partial charge on any atom is 0.170 e. The number of aliphatic hydroxyl groups excluding tert-OH is 1. The summed E-state index contributed by atoms with van der Waals surface area (Å²) in [4.78, 5) is 2.40. The zero-order valence-electron chi connectivity index (χ0n) is 10.2. The van der Waals surface area contributed by atoms with Gasteiger partial charge in [0.05, 0.1) is 38.4 Å². The molecular weight excluding hydrogens is 222 g/mol. The van der Waals surface area contributed by atoms with Crippen molar-refractivity contribution in [1.29, 1.82) is 0 Å². The molecule has 0 aromatic carbocycles. The molecule has 0 amide bonds. The van der Waals surface area contributed by atoms with Crippen molar-refractivity contribution in [2.75, 3.05) is 52.7 Å². The highest BCUT2D eigenvalue weighted by atomic mass is 16.7. The molecule has 3 aliphatic heterocycles. The predicted molar refractivity (Wildman–Crippen MR) is 60.6 cm³/mol. The summed E-state index contributed by atoms with van der Waals surface area (Å²) in [5.74, 6) is -0.293. The van der Waals surface area contributed by atoms with Crippen molar-refractivity contribution >= 4 is 0 Å². The van der Waals surface area contributed by atoms with Gasteiger partial charge >= 0.3 is 0 Å². The first-order valence-electron chi connectivity index (χ1n) is 6.45. The van der Waals surface area contributed by atoms with E-state index in [1.54, 1.807) is 0 Å². The molecule has 0 atom stereocenters. The monoisotopic (exact) mass is 243 g/mol. The Hall–Kier alpha value is -0.200. The van der Waals surface area contributed by atoms with Crippen molar-refractivity contribution in [3.05, 3.63) is 0 Å². The molecule has 3 rings (SSSR count). The molecule has 5 nitrogen and oxygen atoms in total. The van der Waals surface area contributed by atoms with Crippen LogP contribution in [0.2, 0.25) is 0 Å². The molecule has 1 N–H and O–H groups in total. The number of hydrogen-bond donors (Lipinski definition) is 1. The van der Waals surface area contributed by atoms with Gasteiger partial charge in [-0.05, 0) is 0 Å². The largest absolute Gasteiger partial charge is 0.396 e. The molecule has 0 unspecified atom stereocenters. The molecule has 3 saturated heterocycles. The highest BCUT2D eigenvalue weighted by Crippen LogP contribution is 2.34. The van der Waals surface area contributed by atoms with Crippen molar-refractivity contribution in [3.8, 4) is 0 Å². The average molecular weight is 243 g/mol. The summed E-state index contributed by atoms with van der Waals surface area (Å²) in [6.45, 7) is 5.98. The minimum absolute atomic E-state index is 0.0120. The second-order valence-electron chi connectivity index (χ2n) is 5.53. The SMILES string of the molecule is OCC1(CN2CCC3(CC2)OCCO3)COC1. The van der Waals surface area contributed by atoms with Crippen molar-refractivity contribution in [1.82, 2.24) is 4.90 Å². The van der Waals surface area contributed by atoms with Gasteiger partial charge < -0.3 is 24.2 Å². The zero-order valence-corrected chi connectivity index (χ0v) is 10.2. The van der Waals surface area contributed by atoms with Crippen LogP contribution in [0.25, 0.3) is 0 Å². The van der Waals surface area contributed by atoms with Crippen LogP contribution in [-0.2, 0) is 14.2 Å². The standard InChI is InChI=1S/C12H21NO4/c14-8-11(9-15-10-11)7-13-3-1-12(2-4-13)16-5-6-17-12/h14H,1-10H2. The fourth-order valence-electron chi connectivity index (χ4n) is 2.94. The summed E-state index contributed by atoms with van der Waals surface area (Å²) in [7, 11) is 0. The van der Waals surface area contributed by atoms with Crippen LogP contribution in [0.1, 0.15) is 12.8 Å². The van der Waals surface area contributed by atoms with Gasteiger partial charge in [0.15, 0.2) is 5.79 Å². The molecule has 0 aromatic rings. The fraction of sp³-hybridized carbons (Fsp3) is 1.00. The van der Waals surface area contributed by atoms with Gasteiger partial charge in [0.25, 0.3) is 0 Å². The molecule has 3 heterocycles. The van der Waals surface area contributed by atoms with Gasteiger partial charge in [0, 0.05) is 32.5 Å². The number of ether oxygens (including phenoxy) is 3. The third-order valence-corrected chi connectivity index (χ3v) is 4.14. The lowest BCUT2D eigenvalue weighted by atomic mass is 9.85. The molecule has 17 heavy (non-hydrogen) atoms. The van der Waals surface area contributed by atoms with Gasteiger partial charge in [-0.1, -0.05) is 0 Å². The quantitative estimate of drug-likeness (QED) is 0.746. The summed E-state index contributed by atoms with van der Waals surface area (Å²) >= 11 is 0. The number of hydrogen-bond acceptors (Lipinski definition) is 5. The zero-order chi connectivity index (χ0) is 11.8. The van der Waals surface area contributed by atoms with E-state index in [2.05, 4.69) is 4.90 Å². The lowest BCUT2D eigenvalue weighted by Crippen LogP contribution is -2.56. The lowest BCUT2D eigenvalue weighted by Gasteiger charge is -2.46. The van der Waals surface area contributed by atoms with Crippen LogP contribution in [0.4, 0.5) is 0 Å². The Morgan fingerprint density at radius 2 is 1.71 bits per heavy atom. The third kappa shape index (κ3) is 2.22. The highest BCUT2D eigenvalue weighted by Gasteiger charge is 2.44. The van der Waals surface area contributed by atoms with Crippen LogP contribution in [0.15, 0.2) is 0 Å². The summed E-state index contributed by atoms with van der Waals surface area (Å²) < 4.78 is 16.6. The Morgan fingerprint density at radius 1 is 1.06 bits per heavy atom. The third-order valence-electron chi connectivity index (χ3n) is 4.14. The van der Waals surface area contributed by atoms with E-state index in [1.807, 2.05) is 0 Å². The van der Waals surface area contributed by atoms with E-state index < -0.39 is 0 Å². The molecule has 98 valence electrons. The first-order valence-corrected chi connectivity index (χ1v) is 6.45. The predicted octanol–water partition coefficient (Wildman–Crippen LogP) is -0.166. The van der Waals surface area contributed by atoms with Crippen molar-refractivity contribution < 1.29 is 19.3 Å². The van der Waals surface area contributed by atoms with Crippen LogP contribution in [0, 0.1) is 5.41 Å². The number of piperidine rings is 1. The Kier molecular flexibility index (Phi) is 3.13.